The van der Waals surface area contributed by atoms with Crippen molar-refractivity contribution in [2.75, 3.05) is 0 Å². The van der Waals surface area contributed by atoms with Gasteiger partial charge in [-0.1, -0.05) is 19.1 Å². The lowest BCUT2D eigenvalue weighted by Gasteiger charge is -2.31. The summed E-state index contributed by atoms with van der Waals surface area (Å²) in [5.41, 5.74) is -4.66. The zero-order valence-corrected chi connectivity index (χ0v) is 7.78. The molecule has 0 aromatic carbocycles. The highest BCUT2D eigenvalue weighted by molar-refractivity contribution is 5.00. The standard InChI is InChI=1S/C8H10F6O/c1-2-3-4-5-6(15,7(9,10)11)8(12,13)14/h3-4,15H,2,5H2,1H3/b4-3-. The van der Waals surface area contributed by atoms with E-state index in [9.17, 15) is 26.3 Å². The van der Waals surface area contributed by atoms with Gasteiger partial charge in [-0.15, -0.1) is 0 Å². The van der Waals surface area contributed by atoms with Crippen LogP contribution < -0.4 is 0 Å². The minimum Gasteiger partial charge on any atom is -0.373 e. The Balaban J connectivity index is 4.98. The SMILES string of the molecule is CC/C=C\CC(O)(C(F)(F)F)C(F)(F)F. The summed E-state index contributed by atoms with van der Waals surface area (Å²) in [5.74, 6) is 0. The number of hydrogen-bond acceptors (Lipinski definition) is 1. The summed E-state index contributed by atoms with van der Waals surface area (Å²) < 4.78 is 72.1. The molecule has 0 spiro atoms. The third kappa shape index (κ3) is 3.12. The molecule has 0 aromatic rings. The second-order valence-electron chi connectivity index (χ2n) is 2.94. The first-order valence-electron chi connectivity index (χ1n) is 4.07. The fraction of sp³-hybridized carbons (Fsp3) is 0.750. The minimum absolute atomic E-state index is 0.297. The summed E-state index contributed by atoms with van der Waals surface area (Å²) in [6, 6.07) is 0. The van der Waals surface area contributed by atoms with Crippen LogP contribution >= 0.6 is 0 Å². The van der Waals surface area contributed by atoms with Gasteiger partial charge >= 0.3 is 12.4 Å². The highest BCUT2D eigenvalue weighted by Gasteiger charge is 2.69. The van der Waals surface area contributed by atoms with Crippen LogP contribution in [0.25, 0.3) is 0 Å². The number of halogens is 6. The monoisotopic (exact) mass is 236 g/mol. The first-order chi connectivity index (χ1) is 6.56. The highest BCUT2D eigenvalue weighted by Crippen LogP contribution is 2.45. The Kier molecular flexibility index (Phi) is 4.21. The van der Waals surface area contributed by atoms with Crippen molar-refractivity contribution in [3.8, 4) is 0 Å². The molecule has 0 heterocycles. The summed E-state index contributed by atoms with van der Waals surface area (Å²) in [6.07, 6.45) is -10.9. The van der Waals surface area contributed by atoms with E-state index < -0.39 is 24.4 Å². The van der Waals surface area contributed by atoms with Crippen LogP contribution in [0.5, 0.6) is 0 Å². The number of alkyl halides is 6. The second-order valence-corrected chi connectivity index (χ2v) is 2.94. The van der Waals surface area contributed by atoms with E-state index in [0.717, 1.165) is 6.08 Å². The Morgan fingerprint density at radius 2 is 1.33 bits per heavy atom. The third-order valence-electron chi connectivity index (χ3n) is 1.75. The molecule has 0 saturated heterocycles. The van der Waals surface area contributed by atoms with Gasteiger partial charge in [-0.2, -0.15) is 26.3 Å². The predicted octanol–water partition coefficient (Wildman–Crippen LogP) is 3.20. The number of rotatable bonds is 3. The lowest BCUT2D eigenvalue weighted by atomic mass is 9.98. The molecule has 15 heavy (non-hydrogen) atoms. The summed E-state index contributed by atoms with van der Waals surface area (Å²) in [6.45, 7) is 1.55. The van der Waals surface area contributed by atoms with E-state index >= 15 is 0 Å². The topological polar surface area (TPSA) is 20.2 Å². The summed E-state index contributed by atoms with van der Waals surface area (Å²) in [5, 5.41) is 8.61. The largest absolute Gasteiger partial charge is 0.426 e. The van der Waals surface area contributed by atoms with Gasteiger partial charge in [0.05, 0.1) is 0 Å². The van der Waals surface area contributed by atoms with Crippen molar-refractivity contribution in [3.05, 3.63) is 12.2 Å². The van der Waals surface area contributed by atoms with Crippen LogP contribution in [-0.4, -0.2) is 23.1 Å². The van der Waals surface area contributed by atoms with Crippen molar-refractivity contribution in [3.63, 3.8) is 0 Å². The van der Waals surface area contributed by atoms with Crippen LogP contribution in [0.2, 0.25) is 0 Å². The van der Waals surface area contributed by atoms with Crippen LogP contribution in [0.1, 0.15) is 19.8 Å². The molecule has 0 radical (unpaired) electrons. The molecule has 0 aliphatic carbocycles. The van der Waals surface area contributed by atoms with E-state index in [0.29, 0.717) is 12.5 Å². The van der Waals surface area contributed by atoms with E-state index in [-0.39, 0.29) is 0 Å². The van der Waals surface area contributed by atoms with Crippen molar-refractivity contribution in [1.82, 2.24) is 0 Å². The van der Waals surface area contributed by atoms with Crippen LogP contribution in [0.15, 0.2) is 12.2 Å². The van der Waals surface area contributed by atoms with Crippen molar-refractivity contribution >= 4 is 0 Å². The number of allylic oxidation sites excluding steroid dienone is 1. The van der Waals surface area contributed by atoms with E-state index in [1.54, 1.807) is 6.92 Å². The molecule has 7 heteroatoms. The first kappa shape index (κ1) is 14.3. The van der Waals surface area contributed by atoms with E-state index in [1.807, 2.05) is 0 Å². The van der Waals surface area contributed by atoms with Crippen LogP contribution in [-0.2, 0) is 0 Å². The average Bonchev–Trinajstić information content (AvgIpc) is 2.00. The molecule has 0 saturated carbocycles. The van der Waals surface area contributed by atoms with Gasteiger partial charge in [-0.05, 0) is 6.42 Å². The predicted molar refractivity (Wildman–Crippen MR) is 41.1 cm³/mol. The van der Waals surface area contributed by atoms with Gasteiger partial charge in [0.15, 0.2) is 0 Å². The van der Waals surface area contributed by atoms with Gasteiger partial charge in [0.1, 0.15) is 0 Å². The fourth-order valence-corrected chi connectivity index (χ4v) is 0.813. The van der Waals surface area contributed by atoms with Gasteiger partial charge in [0.2, 0.25) is 0 Å². The quantitative estimate of drug-likeness (QED) is 0.589. The molecular weight excluding hydrogens is 226 g/mol. The Hall–Kier alpha value is -0.720. The molecular formula is C8H10F6O. The maximum Gasteiger partial charge on any atom is 0.426 e. The Bertz CT molecular complexity index is 212. The van der Waals surface area contributed by atoms with Crippen molar-refractivity contribution in [2.45, 2.75) is 37.7 Å². The van der Waals surface area contributed by atoms with Crippen LogP contribution in [0.4, 0.5) is 26.3 Å². The Morgan fingerprint density at radius 1 is 0.933 bits per heavy atom. The molecule has 0 aliphatic heterocycles. The zero-order chi connectivity index (χ0) is 12.3. The molecule has 0 aliphatic rings. The van der Waals surface area contributed by atoms with Gasteiger partial charge < -0.3 is 5.11 Å². The molecule has 0 aromatic heterocycles. The van der Waals surface area contributed by atoms with Gasteiger partial charge in [0, 0.05) is 6.42 Å². The molecule has 0 atom stereocenters. The highest BCUT2D eigenvalue weighted by atomic mass is 19.4. The fourth-order valence-electron chi connectivity index (χ4n) is 0.813. The second kappa shape index (κ2) is 4.42. The molecule has 0 rings (SSSR count). The molecule has 0 fully saturated rings. The van der Waals surface area contributed by atoms with Crippen LogP contribution in [0, 0.1) is 0 Å². The zero-order valence-electron chi connectivity index (χ0n) is 7.78. The van der Waals surface area contributed by atoms with Gasteiger partial charge in [0.25, 0.3) is 5.60 Å². The average molecular weight is 236 g/mol. The Morgan fingerprint density at radius 3 is 1.60 bits per heavy atom. The van der Waals surface area contributed by atoms with Gasteiger partial charge in [-0.3, -0.25) is 0 Å². The smallest absolute Gasteiger partial charge is 0.373 e. The van der Waals surface area contributed by atoms with Crippen molar-refractivity contribution < 1.29 is 31.4 Å². The lowest BCUT2D eigenvalue weighted by molar-refractivity contribution is -0.366. The van der Waals surface area contributed by atoms with E-state index in [4.69, 9.17) is 5.11 Å². The normalized spacial score (nSPS) is 14.9. The van der Waals surface area contributed by atoms with Crippen LogP contribution in [0.3, 0.4) is 0 Å². The Labute approximate surface area is 82.4 Å². The third-order valence-corrected chi connectivity index (χ3v) is 1.75. The summed E-state index contributed by atoms with van der Waals surface area (Å²) >= 11 is 0. The van der Waals surface area contributed by atoms with E-state index in [2.05, 4.69) is 0 Å². The number of aliphatic hydroxyl groups is 1. The molecule has 90 valence electrons. The van der Waals surface area contributed by atoms with Crippen molar-refractivity contribution in [2.24, 2.45) is 0 Å². The number of hydrogen-bond donors (Lipinski definition) is 1. The first-order valence-corrected chi connectivity index (χ1v) is 4.07. The molecule has 1 N–H and O–H groups in total. The lowest BCUT2D eigenvalue weighted by Crippen LogP contribution is -2.56. The summed E-state index contributed by atoms with van der Waals surface area (Å²) in [7, 11) is 0. The molecule has 1 nitrogen and oxygen atoms in total. The minimum atomic E-state index is -5.73. The summed E-state index contributed by atoms with van der Waals surface area (Å²) in [4.78, 5) is 0. The van der Waals surface area contributed by atoms with Crippen molar-refractivity contribution in [1.29, 1.82) is 0 Å². The maximum atomic E-state index is 12.0. The maximum absolute atomic E-state index is 12.0. The molecule has 0 unspecified atom stereocenters. The molecule has 0 amide bonds. The molecule has 0 bridgehead atoms. The van der Waals surface area contributed by atoms with E-state index in [1.165, 1.54) is 0 Å². The van der Waals surface area contributed by atoms with Gasteiger partial charge in [-0.25, -0.2) is 0 Å².